The van der Waals surface area contributed by atoms with E-state index >= 15 is 0 Å². The maximum absolute atomic E-state index is 3.47. The molecule has 0 unspecified atom stereocenters. The van der Waals surface area contributed by atoms with Gasteiger partial charge in [-0.1, -0.05) is 0 Å². The lowest BCUT2D eigenvalue weighted by Gasteiger charge is -2.20. The van der Waals surface area contributed by atoms with Crippen molar-refractivity contribution in [2.75, 3.05) is 20.1 Å². The first-order valence-corrected chi connectivity index (χ1v) is 6.19. The quantitative estimate of drug-likeness (QED) is 0.713. The third-order valence-corrected chi connectivity index (χ3v) is 3.03. The van der Waals surface area contributed by atoms with E-state index in [2.05, 4.69) is 61.1 Å². The highest BCUT2D eigenvalue weighted by Gasteiger charge is 2.01. The van der Waals surface area contributed by atoms with E-state index in [0.29, 0.717) is 6.04 Å². The summed E-state index contributed by atoms with van der Waals surface area (Å²) in [6.07, 6.45) is 4.34. The van der Waals surface area contributed by atoms with Gasteiger partial charge in [-0.05, 0) is 39.4 Å². The standard InChI is InChI=1S/C13H25N3/c1-5-16-8-6-13(11-16)10-14-7-9-15(4)12(2)3/h6,8,11-12,14H,5,7,9-10H2,1-4H3. The van der Waals surface area contributed by atoms with Crippen LogP contribution in [0.3, 0.4) is 0 Å². The summed E-state index contributed by atoms with van der Waals surface area (Å²) < 4.78 is 2.21. The summed E-state index contributed by atoms with van der Waals surface area (Å²) in [5.74, 6) is 0. The van der Waals surface area contributed by atoms with Gasteiger partial charge < -0.3 is 14.8 Å². The van der Waals surface area contributed by atoms with Gasteiger partial charge in [-0.15, -0.1) is 0 Å². The molecule has 0 spiro atoms. The fraction of sp³-hybridized carbons (Fsp3) is 0.692. The normalized spacial score (nSPS) is 11.6. The largest absolute Gasteiger partial charge is 0.354 e. The number of hydrogen-bond donors (Lipinski definition) is 1. The van der Waals surface area contributed by atoms with Crippen molar-refractivity contribution in [2.45, 2.75) is 39.9 Å². The fourth-order valence-corrected chi connectivity index (χ4v) is 1.54. The molecule has 0 aliphatic heterocycles. The van der Waals surface area contributed by atoms with Crippen molar-refractivity contribution in [2.24, 2.45) is 0 Å². The van der Waals surface area contributed by atoms with Crippen molar-refractivity contribution in [3.63, 3.8) is 0 Å². The van der Waals surface area contributed by atoms with Gasteiger partial charge in [0.25, 0.3) is 0 Å². The molecule has 0 amide bonds. The van der Waals surface area contributed by atoms with Gasteiger partial charge in [-0.3, -0.25) is 0 Å². The molecule has 3 heteroatoms. The Morgan fingerprint density at radius 1 is 1.44 bits per heavy atom. The Balaban J connectivity index is 2.16. The Bertz CT molecular complexity index is 291. The molecule has 0 saturated carbocycles. The second-order valence-corrected chi connectivity index (χ2v) is 4.60. The summed E-state index contributed by atoms with van der Waals surface area (Å²) in [7, 11) is 2.17. The number of likely N-dealkylation sites (N-methyl/N-ethyl adjacent to an activating group) is 1. The molecule has 1 N–H and O–H groups in total. The van der Waals surface area contributed by atoms with E-state index in [1.165, 1.54) is 5.56 Å². The van der Waals surface area contributed by atoms with Crippen LogP contribution in [0.15, 0.2) is 18.5 Å². The third-order valence-electron chi connectivity index (χ3n) is 3.03. The van der Waals surface area contributed by atoms with Crippen LogP contribution in [0.4, 0.5) is 0 Å². The highest BCUT2D eigenvalue weighted by Crippen LogP contribution is 2.00. The van der Waals surface area contributed by atoms with Crippen LogP contribution >= 0.6 is 0 Å². The minimum atomic E-state index is 0.628. The molecule has 0 aliphatic carbocycles. The predicted octanol–water partition coefficient (Wildman–Crippen LogP) is 1.94. The summed E-state index contributed by atoms with van der Waals surface area (Å²) in [6.45, 7) is 10.8. The maximum atomic E-state index is 3.47. The van der Waals surface area contributed by atoms with E-state index in [0.717, 1.165) is 26.2 Å². The zero-order valence-corrected chi connectivity index (χ0v) is 11.0. The van der Waals surface area contributed by atoms with Crippen LogP contribution in [0, 0.1) is 0 Å². The van der Waals surface area contributed by atoms with Crippen LogP contribution in [-0.4, -0.2) is 35.6 Å². The average molecular weight is 223 g/mol. The van der Waals surface area contributed by atoms with Crippen molar-refractivity contribution in [1.82, 2.24) is 14.8 Å². The van der Waals surface area contributed by atoms with Crippen LogP contribution in [0.25, 0.3) is 0 Å². The highest BCUT2D eigenvalue weighted by atomic mass is 15.1. The summed E-state index contributed by atoms with van der Waals surface area (Å²) in [5.41, 5.74) is 1.37. The van der Waals surface area contributed by atoms with Crippen LogP contribution in [-0.2, 0) is 13.1 Å². The number of aryl methyl sites for hydroxylation is 1. The van der Waals surface area contributed by atoms with Crippen LogP contribution in [0.2, 0.25) is 0 Å². The number of rotatable bonds is 7. The molecule has 0 aromatic carbocycles. The lowest BCUT2D eigenvalue weighted by molar-refractivity contribution is 0.273. The van der Waals surface area contributed by atoms with Gasteiger partial charge in [0.1, 0.15) is 0 Å². The summed E-state index contributed by atoms with van der Waals surface area (Å²) in [6, 6.07) is 2.81. The van der Waals surface area contributed by atoms with E-state index in [1.54, 1.807) is 0 Å². The monoisotopic (exact) mass is 223 g/mol. The van der Waals surface area contributed by atoms with E-state index in [1.807, 2.05) is 0 Å². The summed E-state index contributed by atoms with van der Waals surface area (Å²) in [4.78, 5) is 2.35. The molecule has 0 fully saturated rings. The van der Waals surface area contributed by atoms with Gasteiger partial charge in [0.05, 0.1) is 0 Å². The van der Waals surface area contributed by atoms with Gasteiger partial charge in [0.2, 0.25) is 0 Å². The Kier molecular flexibility index (Phi) is 5.56. The summed E-state index contributed by atoms with van der Waals surface area (Å²) in [5, 5.41) is 3.47. The van der Waals surface area contributed by atoms with E-state index < -0.39 is 0 Å². The minimum absolute atomic E-state index is 0.628. The Labute approximate surface area is 99.4 Å². The summed E-state index contributed by atoms with van der Waals surface area (Å²) >= 11 is 0. The first kappa shape index (κ1) is 13.3. The second kappa shape index (κ2) is 6.71. The smallest absolute Gasteiger partial charge is 0.0221 e. The molecule has 1 rings (SSSR count). The molecule has 0 radical (unpaired) electrons. The van der Waals surface area contributed by atoms with Gasteiger partial charge in [-0.25, -0.2) is 0 Å². The number of hydrogen-bond acceptors (Lipinski definition) is 2. The SMILES string of the molecule is CCn1ccc(CNCCN(C)C(C)C)c1. The number of nitrogens with zero attached hydrogens (tertiary/aromatic N) is 2. The Morgan fingerprint density at radius 2 is 2.19 bits per heavy atom. The molecule has 0 aliphatic rings. The Hall–Kier alpha value is -0.800. The fourth-order valence-electron chi connectivity index (χ4n) is 1.54. The molecule has 1 aromatic rings. The van der Waals surface area contributed by atoms with E-state index in [4.69, 9.17) is 0 Å². The first-order valence-electron chi connectivity index (χ1n) is 6.19. The van der Waals surface area contributed by atoms with Crippen LogP contribution in [0.1, 0.15) is 26.3 Å². The zero-order valence-electron chi connectivity index (χ0n) is 11.0. The topological polar surface area (TPSA) is 20.2 Å². The van der Waals surface area contributed by atoms with Gasteiger partial charge in [0.15, 0.2) is 0 Å². The molecule has 16 heavy (non-hydrogen) atoms. The van der Waals surface area contributed by atoms with E-state index in [9.17, 15) is 0 Å². The van der Waals surface area contributed by atoms with Crippen molar-refractivity contribution in [3.8, 4) is 0 Å². The van der Waals surface area contributed by atoms with Crippen LogP contribution < -0.4 is 5.32 Å². The number of nitrogens with one attached hydrogen (secondary N) is 1. The van der Waals surface area contributed by atoms with E-state index in [-0.39, 0.29) is 0 Å². The second-order valence-electron chi connectivity index (χ2n) is 4.60. The molecular weight excluding hydrogens is 198 g/mol. The molecule has 1 aromatic heterocycles. The Morgan fingerprint density at radius 3 is 2.75 bits per heavy atom. The number of aromatic nitrogens is 1. The highest BCUT2D eigenvalue weighted by molar-refractivity contribution is 5.09. The van der Waals surface area contributed by atoms with Gasteiger partial charge in [-0.2, -0.15) is 0 Å². The van der Waals surface area contributed by atoms with Crippen molar-refractivity contribution >= 4 is 0 Å². The molecule has 92 valence electrons. The molecule has 0 bridgehead atoms. The van der Waals surface area contributed by atoms with Crippen molar-refractivity contribution < 1.29 is 0 Å². The predicted molar refractivity (Wildman–Crippen MR) is 69.6 cm³/mol. The minimum Gasteiger partial charge on any atom is -0.354 e. The zero-order chi connectivity index (χ0) is 12.0. The van der Waals surface area contributed by atoms with Gasteiger partial charge >= 0.3 is 0 Å². The molecule has 3 nitrogen and oxygen atoms in total. The van der Waals surface area contributed by atoms with Gasteiger partial charge in [0, 0.05) is 44.6 Å². The van der Waals surface area contributed by atoms with Crippen LogP contribution in [0.5, 0.6) is 0 Å². The van der Waals surface area contributed by atoms with Crippen molar-refractivity contribution in [1.29, 1.82) is 0 Å². The molecule has 0 saturated heterocycles. The molecule has 1 heterocycles. The maximum Gasteiger partial charge on any atom is 0.0221 e. The average Bonchev–Trinajstić information content (AvgIpc) is 2.71. The third kappa shape index (κ3) is 4.37. The van der Waals surface area contributed by atoms with Crippen molar-refractivity contribution in [3.05, 3.63) is 24.0 Å². The first-order chi connectivity index (χ1) is 7.63. The molecule has 0 atom stereocenters. The lowest BCUT2D eigenvalue weighted by Crippen LogP contribution is -2.33. The lowest BCUT2D eigenvalue weighted by atomic mass is 10.3. The molecular formula is C13H25N3.